The van der Waals surface area contributed by atoms with Crippen molar-refractivity contribution >= 4 is 46.1 Å². The van der Waals surface area contributed by atoms with E-state index in [0.29, 0.717) is 32.0 Å². The molecule has 178 valence electrons. The van der Waals surface area contributed by atoms with Gasteiger partial charge in [0.2, 0.25) is 5.78 Å². The van der Waals surface area contributed by atoms with E-state index in [-0.39, 0.29) is 29.9 Å². The molecule has 0 radical (unpaired) electrons. The van der Waals surface area contributed by atoms with Crippen molar-refractivity contribution in [3.05, 3.63) is 73.3 Å². The minimum atomic E-state index is -0.346. The first-order valence-electron chi connectivity index (χ1n) is 11.4. The summed E-state index contributed by atoms with van der Waals surface area (Å²) in [6, 6.07) is 7.87. The zero-order valence-electron chi connectivity index (χ0n) is 19.0. The fourth-order valence-electron chi connectivity index (χ4n) is 5.08. The molecule has 3 heterocycles. The van der Waals surface area contributed by atoms with Crippen LogP contribution < -0.4 is 5.32 Å². The van der Waals surface area contributed by atoms with Crippen LogP contribution in [0.15, 0.2) is 36.8 Å². The molecule has 5 rings (SSSR count). The van der Waals surface area contributed by atoms with Crippen LogP contribution in [0.25, 0.3) is 0 Å². The van der Waals surface area contributed by atoms with Crippen LogP contribution in [0.5, 0.6) is 0 Å². The fraction of sp³-hybridized carbons (Fsp3) is 0.400. The van der Waals surface area contributed by atoms with Crippen molar-refractivity contribution in [1.29, 1.82) is 0 Å². The molecule has 3 aromatic rings. The molecule has 0 unspecified atom stereocenters. The molecule has 1 aliphatic heterocycles. The smallest absolute Gasteiger partial charge is 0.208 e. The molecule has 4 atom stereocenters. The number of benzene rings is 1. The molecule has 1 saturated carbocycles. The summed E-state index contributed by atoms with van der Waals surface area (Å²) in [5.41, 5.74) is 3.68. The van der Waals surface area contributed by atoms with Crippen molar-refractivity contribution in [3.8, 4) is 0 Å². The first kappa shape index (κ1) is 23.7. The standard InChI is InChI=1S/C25H26Cl2N4O2S/c1-13-7-16(9-20(13)32)30-25-19(11-28-12-29-25)23(33)21-10-18(24(27)34-21)22-17-8-15(26)4-3-14(17)5-6-31(22)2/h3-4,8,10-13,16,20,22,32H,5-7,9H2,1-2H3,(H,28,29,30)/t13-,16-,20+,22+/m1/s1. The summed E-state index contributed by atoms with van der Waals surface area (Å²) < 4.78 is 0.590. The summed E-state index contributed by atoms with van der Waals surface area (Å²) in [7, 11) is 2.06. The third-order valence-corrected chi connectivity index (χ3v) is 8.57. The van der Waals surface area contributed by atoms with Gasteiger partial charge in [0.15, 0.2) is 0 Å². The van der Waals surface area contributed by atoms with E-state index in [1.54, 1.807) is 6.20 Å². The minimum Gasteiger partial charge on any atom is -0.393 e. The molecule has 1 aromatic carbocycles. The Labute approximate surface area is 212 Å². The predicted molar refractivity (Wildman–Crippen MR) is 136 cm³/mol. The molecule has 0 spiro atoms. The van der Waals surface area contributed by atoms with Gasteiger partial charge >= 0.3 is 0 Å². The average molecular weight is 517 g/mol. The number of halogens is 2. The van der Waals surface area contributed by atoms with Crippen LogP contribution in [0, 0.1) is 5.92 Å². The van der Waals surface area contributed by atoms with Crippen LogP contribution in [-0.2, 0) is 6.42 Å². The molecule has 1 fully saturated rings. The van der Waals surface area contributed by atoms with Crippen LogP contribution in [0.3, 0.4) is 0 Å². The molecular formula is C25H26Cl2N4O2S. The minimum absolute atomic E-state index is 0.0612. The summed E-state index contributed by atoms with van der Waals surface area (Å²) >= 11 is 14.3. The molecule has 6 nitrogen and oxygen atoms in total. The number of carbonyl (C=O) groups is 1. The number of nitrogens with one attached hydrogen (secondary N) is 1. The Morgan fingerprint density at radius 2 is 2.06 bits per heavy atom. The number of ketones is 1. The summed E-state index contributed by atoms with van der Waals surface area (Å²) in [6.07, 6.45) is 5.02. The first-order chi connectivity index (χ1) is 16.3. The van der Waals surface area contributed by atoms with Crippen molar-refractivity contribution in [3.63, 3.8) is 0 Å². The SMILES string of the molecule is C[C@@H]1C[C@@H](Nc2ncncc2C(=O)c2cc([C@@H]3c4cc(Cl)ccc4CCN3C)c(Cl)s2)C[C@@H]1O. The molecule has 0 bridgehead atoms. The van der Waals surface area contributed by atoms with Gasteiger partial charge in [0.05, 0.1) is 26.9 Å². The molecule has 2 N–H and O–H groups in total. The van der Waals surface area contributed by atoms with Crippen LogP contribution >= 0.6 is 34.5 Å². The van der Waals surface area contributed by atoms with Gasteiger partial charge in [0.1, 0.15) is 12.1 Å². The number of likely N-dealkylation sites (N-methyl/N-ethyl adjacent to an activating group) is 1. The Morgan fingerprint density at radius 1 is 1.24 bits per heavy atom. The monoisotopic (exact) mass is 516 g/mol. The van der Waals surface area contributed by atoms with Gasteiger partial charge in [-0.05, 0) is 61.6 Å². The average Bonchev–Trinajstić information content (AvgIpc) is 3.34. The van der Waals surface area contributed by atoms with E-state index in [1.165, 1.54) is 23.2 Å². The van der Waals surface area contributed by atoms with Gasteiger partial charge in [0.25, 0.3) is 0 Å². The van der Waals surface area contributed by atoms with Gasteiger partial charge in [-0.3, -0.25) is 9.69 Å². The van der Waals surface area contributed by atoms with Crippen LogP contribution in [0.2, 0.25) is 9.36 Å². The Kier molecular flexibility index (Phi) is 6.66. The van der Waals surface area contributed by atoms with E-state index in [0.717, 1.165) is 30.5 Å². The van der Waals surface area contributed by atoms with Crippen molar-refractivity contribution in [2.75, 3.05) is 18.9 Å². The van der Waals surface area contributed by atoms with E-state index in [4.69, 9.17) is 23.2 Å². The Bertz CT molecular complexity index is 1220. The number of rotatable bonds is 5. The van der Waals surface area contributed by atoms with E-state index in [9.17, 15) is 9.90 Å². The third kappa shape index (κ3) is 4.48. The molecular weight excluding hydrogens is 491 g/mol. The molecule has 0 saturated heterocycles. The second-order valence-electron chi connectivity index (χ2n) is 9.29. The number of thiophene rings is 1. The number of hydrogen-bond donors (Lipinski definition) is 2. The van der Waals surface area contributed by atoms with E-state index in [1.807, 2.05) is 25.1 Å². The zero-order chi connectivity index (χ0) is 24.0. The van der Waals surface area contributed by atoms with Gasteiger partial charge in [0, 0.05) is 29.4 Å². The predicted octanol–water partition coefficient (Wildman–Crippen LogP) is 5.22. The maximum Gasteiger partial charge on any atom is 0.208 e. The topological polar surface area (TPSA) is 78.4 Å². The second-order valence-corrected chi connectivity index (χ2v) is 11.4. The Hall–Kier alpha value is -2.03. The van der Waals surface area contributed by atoms with Gasteiger partial charge in [-0.1, -0.05) is 36.2 Å². The summed E-state index contributed by atoms with van der Waals surface area (Å²) in [6.45, 7) is 2.92. The fourth-order valence-corrected chi connectivity index (χ4v) is 6.54. The van der Waals surface area contributed by atoms with Crippen molar-refractivity contribution in [2.24, 2.45) is 5.92 Å². The lowest BCUT2D eigenvalue weighted by atomic mass is 9.89. The number of fused-ring (bicyclic) bond motifs is 1. The van der Waals surface area contributed by atoms with Crippen molar-refractivity contribution in [2.45, 2.75) is 44.4 Å². The molecule has 9 heteroatoms. The highest BCUT2D eigenvalue weighted by molar-refractivity contribution is 7.18. The van der Waals surface area contributed by atoms with Gasteiger partial charge in [-0.15, -0.1) is 11.3 Å². The number of aliphatic hydroxyl groups is 1. The zero-order valence-corrected chi connectivity index (χ0v) is 21.3. The van der Waals surface area contributed by atoms with Gasteiger partial charge < -0.3 is 10.4 Å². The number of aromatic nitrogens is 2. The molecule has 34 heavy (non-hydrogen) atoms. The number of anilines is 1. The highest BCUT2D eigenvalue weighted by Gasteiger charge is 2.32. The summed E-state index contributed by atoms with van der Waals surface area (Å²) in [5, 5.41) is 14.1. The highest BCUT2D eigenvalue weighted by atomic mass is 35.5. The van der Waals surface area contributed by atoms with E-state index >= 15 is 0 Å². The maximum absolute atomic E-state index is 13.5. The third-order valence-electron chi connectivity index (χ3n) is 6.95. The van der Waals surface area contributed by atoms with E-state index in [2.05, 4.69) is 33.3 Å². The van der Waals surface area contributed by atoms with Gasteiger partial charge in [-0.2, -0.15) is 0 Å². The molecule has 2 aliphatic rings. The lowest BCUT2D eigenvalue weighted by Crippen LogP contribution is -2.32. The Balaban J connectivity index is 1.46. The van der Waals surface area contributed by atoms with Gasteiger partial charge in [-0.25, -0.2) is 9.97 Å². The number of aliphatic hydroxyl groups excluding tert-OH is 1. The van der Waals surface area contributed by atoms with Crippen LogP contribution in [-0.4, -0.2) is 51.5 Å². The number of hydrogen-bond acceptors (Lipinski definition) is 7. The number of carbonyl (C=O) groups excluding carboxylic acids is 1. The number of nitrogens with zero attached hydrogens (tertiary/aromatic N) is 3. The van der Waals surface area contributed by atoms with Crippen LogP contribution in [0.4, 0.5) is 5.82 Å². The second kappa shape index (κ2) is 9.55. The van der Waals surface area contributed by atoms with Crippen molar-refractivity contribution in [1.82, 2.24) is 14.9 Å². The largest absolute Gasteiger partial charge is 0.393 e. The van der Waals surface area contributed by atoms with Crippen molar-refractivity contribution < 1.29 is 9.90 Å². The first-order valence-corrected chi connectivity index (χ1v) is 13.0. The summed E-state index contributed by atoms with van der Waals surface area (Å²) in [4.78, 5) is 24.8. The summed E-state index contributed by atoms with van der Waals surface area (Å²) in [5.74, 6) is 0.530. The quantitative estimate of drug-likeness (QED) is 0.452. The van der Waals surface area contributed by atoms with E-state index < -0.39 is 0 Å². The van der Waals surface area contributed by atoms with Crippen LogP contribution in [0.1, 0.15) is 57.7 Å². The molecule has 0 amide bonds. The highest BCUT2D eigenvalue weighted by Crippen LogP contribution is 2.42. The lowest BCUT2D eigenvalue weighted by molar-refractivity contribution is 0.104. The molecule has 2 aromatic heterocycles. The lowest BCUT2D eigenvalue weighted by Gasteiger charge is -2.34. The Morgan fingerprint density at radius 3 is 2.82 bits per heavy atom. The maximum atomic E-state index is 13.5. The molecule has 1 aliphatic carbocycles. The normalized spacial score (nSPS) is 24.7.